The van der Waals surface area contributed by atoms with Crippen LogP contribution in [0.15, 0.2) is 23.1 Å². The maximum Gasteiger partial charge on any atom is 0.278 e. The highest BCUT2D eigenvalue weighted by molar-refractivity contribution is 7.98. The quantitative estimate of drug-likeness (QED) is 0.814. The SMILES string of the molecule is CSc1ccc(NC(=O)c2nnn(C3CCNCC3)c2C)cc1Cl. The van der Waals surface area contributed by atoms with Crippen LogP contribution >= 0.6 is 23.4 Å². The molecule has 8 heteroatoms. The van der Waals surface area contributed by atoms with Gasteiger partial charge in [0.15, 0.2) is 5.69 Å². The molecule has 0 saturated carbocycles. The van der Waals surface area contributed by atoms with E-state index in [2.05, 4.69) is 20.9 Å². The molecule has 0 aliphatic carbocycles. The fourth-order valence-corrected chi connectivity index (χ4v) is 3.75. The number of carbonyl (C=O) groups excluding carboxylic acids is 1. The molecule has 24 heavy (non-hydrogen) atoms. The molecular formula is C16H20ClN5OS. The van der Waals surface area contributed by atoms with E-state index in [1.54, 1.807) is 17.8 Å². The topological polar surface area (TPSA) is 71.8 Å². The van der Waals surface area contributed by atoms with Crippen molar-refractivity contribution >= 4 is 35.0 Å². The molecule has 1 fully saturated rings. The zero-order valence-corrected chi connectivity index (χ0v) is 15.2. The van der Waals surface area contributed by atoms with Crippen LogP contribution in [0.4, 0.5) is 5.69 Å². The van der Waals surface area contributed by atoms with Gasteiger partial charge in [-0.15, -0.1) is 16.9 Å². The second kappa shape index (κ2) is 7.55. The molecule has 0 atom stereocenters. The Kier molecular flexibility index (Phi) is 5.43. The van der Waals surface area contributed by atoms with E-state index in [4.69, 9.17) is 11.6 Å². The lowest BCUT2D eigenvalue weighted by Gasteiger charge is -2.23. The predicted molar refractivity (Wildman–Crippen MR) is 97.1 cm³/mol. The molecular weight excluding hydrogens is 346 g/mol. The zero-order chi connectivity index (χ0) is 17.1. The Morgan fingerprint density at radius 1 is 1.42 bits per heavy atom. The van der Waals surface area contributed by atoms with Crippen molar-refractivity contribution in [2.24, 2.45) is 0 Å². The van der Waals surface area contributed by atoms with Crippen LogP contribution in [0.25, 0.3) is 0 Å². The first-order chi connectivity index (χ1) is 11.6. The third-order valence-electron chi connectivity index (χ3n) is 4.21. The molecule has 2 aromatic rings. The van der Waals surface area contributed by atoms with Gasteiger partial charge in [-0.3, -0.25) is 4.79 Å². The van der Waals surface area contributed by atoms with E-state index in [0.717, 1.165) is 36.5 Å². The number of nitrogens with one attached hydrogen (secondary N) is 2. The summed E-state index contributed by atoms with van der Waals surface area (Å²) in [6, 6.07) is 5.78. The van der Waals surface area contributed by atoms with E-state index in [9.17, 15) is 4.79 Å². The number of amides is 1. The standard InChI is InChI=1S/C16H20ClN5OS/c1-10-15(20-21-22(10)12-5-7-18-8-6-12)16(23)19-11-3-4-14(24-2)13(17)9-11/h3-4,9,12,18H,5-8H2,1-2H3,(H,19,23). The highest BCUT2D eigenvalue weighted by Gasteiger charge is 2.23. The van der Waals surface area contributed by atoms with Crippen LogP contribution < -0.4 is 10.6 Å². The fourth-order valence-electron chi connectivity index (χ4n) is 2.88. The first-order valence-electron chi connectivity index (χ1n) is 7.87. The molecule has 2 N–H and O–H groups in total. The van der Waals surface area contributed by atoms with Gasteiger partial charge in [-0.25, -0.2) is 4.68 Å². The Bertz CT molecular complexity index is 742. The van der Waals surface area contributed by atoms with E-state index in [0.29, 0.717) is 22.4 Å². The largest absolute Gasteiger partial charge is 0.320 e. The summed E-state index contributed by atoms with van der Waals surface area (Å²) < 4.78 is 1.87. The Morgan fingerprint density at radius 2 is 2.17 bits per heavy atom. The zero-order valence-electron chi connectivity index (χ0n) is 13.7. The highest BCUT2D eigenvalue weighted by Crippen LogP contribution is 2.28. The molecule has 1 saturated heterocycles. The Morgan fingerprint density at radius 3 is 2.83 bits per heavy atom. The molecule has 1 aliphatic heterocycles. The lowest BCUT2D eigenvalue weighted by molar-refractivity contribution is 0.102. The second-order valence-corrected chi connectivity index (χ2v) is 7.01. The summed E-state index contributed by atoms with van der Waals surface area (Å²) in [6.45, 7) is 3.82. The third kappa shape index (κ3) is 3.58. The van der Waals surface area contributed by atoms with Crippen molar-refractivity contribution in [2.75, 3.05) is 24.7 Å². The van der Waals surface area contributed by atoms with Gasteiger partial charge in [0.2, 0.25) is 0 Å². The second-order valence-electron chi connectivity index (χ2n) is 5.75. The van der Waals surface area contributed by atoms with Gasteiger partial charge in [-0.1, -0.05) is 16.8 Å². The van der Waals surface area contributed by atoms with Crippen molar-refractivity contribution in [3.63, 3.8) is 0 Å². The van der Waals surface area contributed by atoms with Crippen molar-refractivity contribution in [3.05, 3.63) is 34.6 Å². The number of hydrogen-bond acceptors (Lipinski definition) is 5. The summed E-state index contributed by atoms with van der Waals surface area (Å²) in [5.41, 5.74) is 1.81. The number of thioether (sulfide) groups is 1. The summed E-state index contributed by atoms with van der Waals surface area (Å²) in [5.74, 6) is -0.263. The van der Waals surface area contributed by atoms with Gasteiger partial charge in [-0.2, -0.15) is 0 Å². The molecule has 3 rings (SSSR count). The molecule has 1 amide bonds. The molecule has 2 heterocycles. The van der Waals surface area contributed by atoms with Crippen molar-refractivity contribution < 1.29 is 4.79 Å². The van der Waals surface area contributed by atoms with Crippen LogP contribution in [0.5, 0.6) is 0 Å². The third-order valence-corrected chi connectivity index (χ3v) is 5.43. The van der Waals surface area contributed by atoms with Crippen molar-refractivity contribution in [2.45, 2.75) is 30.7 Å². The summed E-state index contributed by atoms with van der Waals surface area (Å²) in [5, 5.41) is 15.1. The number of aromatic nitrogens is 3. The number of rotatable bonds is 4. The summed E-state index contributed by atoms with van der Waals surface area (Å²) >= 11 is 7.75. The number of halogens is 1. The van der Waals surface area contributed by atoms with Gasteiger partial charge in [0.25, 0.3) is 5.91 Å². The summed E-state index contributed by atoms with van der Waals surface area (Å²) in [7, 11) is 0. The van der Waals surface area contributed by atoms with Gasteiger partial charge < -0.3 is 10.6 Å². The molecule has 1 aromatic heterocycles. The number of benzene rings is 1. The summed E-state index contributed by atoms with van der Waals surface area (Å²) in [4.78, 5) is 13.5. The molecule has 128 valence electrons. The van der Waals surface area contributed by atoms with Crippen LogP contribution in [0.1, 0.15) is 35.1 Å². The highest BCUT2D eigenvalue weighted by atomic mass is 35.5. The molecule has 6 nitrogen and oxygen atoms in total. The van der Waals surface area contributed by atoms with Gasteiger partial charge >= 0.3 is 0 Å². The van der Waals surface area contributed by atoms with Crippen molar-refractivity contribution in [1.82, 2.24) is 20.3 Å². The van der Waals surface area contributed by atoms with Gasteiger partial charge in [0, 0.05) is 10.6 Å². The van der Waals surface area contributed by atoms with Crippen LogP contribution in [0, 0.1) is 6.92 Å². The number of carbonyl (C=O) groups is 1. The van der Waals surface area contributed by atoms with E-state index in [-0.39, 0.29) is 5.91 Å². The van der Waals surface area contributed by atoms with E-state index < -0.39 is 0 Å². The number of piperidine rings is 1. The number of nitrogens with zero attached hydrogens (tertiary/aromatic N) is 3. The van der Waals surface area contributed by atoms with Crippen LogP contribution in [0.3, 0.4) is 0 Å². The molecule has 1 aliphatic rings. The molecule has 0 radical (unpaired) electrons. The monoisotopic (exact) mass is 365 g/mol. The molecule has 0 spiro atoms. The number of hydrogen-bond donors (Lipinski definition) is 2. The minimum Gasteiger partial charge on any atom is -0.320 e. The predicted octanol–water partition coefficient (Wildman–Crippen LogP) is 3.14. The Labute approximate surface area is 150 Å². The Balaban J connectivity index is 1.75. The average Bonchev–Trinajstić information content (AvgIpc) is 2.97. The maximum atomic E-state index is 12.5. The van der Waals surface area contributed by atoms with Gasteiger partial charge in [0.1, 0.15) is 0 Å². The van der Waals surface area contributed by atoms with Crippen LogP contribution in [-0.2, 0) is 0 Å². The van der Waals surface area contributed by atoms with Gasteiger partial charge in [-0.05, 0) is 57.3 Å². The smallest absolute Gasteiger partial charge is 0.278 e. The first-order valence-corrected chi connectivity index (χ1v) is 9.48. The normalized spacial score (nSPS) is 15.5. The minimum absolute atomic E-state index is 0.263. The minimum atomic E-state index is -0.263. The average molecular weight is 366 g/mol. The van der Waals surface area contributed by atoms with Crippen molar-refractivity contribution in [1.29, 1.82) is 0 Å². The van der Waals surface area contributed by atoms with Crippen molar-refractivity contribution in [3.8, 4) is 0 Å². The molecule has 0 bridgehead atoms. The molecule has 1 aromatic carbocycles. The summed E-state index contributed by atoms with van der Waals surface area (Å²) in [6.07, 6.45) is 3.95. The maximum absolute atomic E-state index is 12.5. The van der Waals surface area contributed by atoms with E-state index >= 15 is 0 Å². The van der Waals surface area contributed by atoms with Crippen LogP contribution in [-0.4, -0.2) is 40.2 Å². The van der Waals surface area contributed by atoms with E-state index in [1.807, 2.05) is 30.0 Å². The van der Waals surface area contributed by atoms with E-state index in [1.165, 1.54) is 0 Å². The van der Waals surface area contributed by atoms with Gasteiger partial charge in [0.05, 0.1) is 16.8 Å². The molecule has 0 unspecified atom stereocenters. The Hall–Kier alpha value is -1.57. The van der Waals surface area contributed by atoms with Crippen LogP contribution in [0.2, 0.25) is 5.02 Å². The lowest BCUT2D eigenvalue weighted by atomic mass is 10.1. The first kappa shape index (κ1) is 17.3. The lowest BCUT2D eigenvalue weighted by Crippen LogP contribution is -2.30. The fraction of sp³-hybridized carbons (Fsp3) is 0.438. The number of anilines is 1.